The summed E-state index contributed by atoms with van der Waals surface area (Å²) < 4.78 is 35.0. The summed E-state index contributed by atoms with van der Waals surface area (Å²) in [4.78, 5) is 30.6. The molecule has 3 aromatic rings. The predicted octanol–water partition coefficient (Wildman–Crippen LogP) is -2.84. The van der Waals surface area contributed by atoms with Crippen LogP contribution in [0.15, 0.2) is 46.5 Å². The van der Waals surface area contributed by atoms with Crippen LogP contribution in [-0.4, -0.2) is 38.6 Å². The van der Waals surface area contributed by atoms with Gasteiger partial charge in [0, 0.05) is 31.2 Å². The normalized spacial score (nSPS) is 11.4. The van der Waals surface area contributed by atoms with Crippen molar-refractivity contribution < 1.29 is 44.0 Å². The number of fused-ring (bicyclic) bond motifs is 1. The molecule has 0 spiro atoms. The number of aromatic amines is 1. The molecule has 0 fully saturated rings. The average molecular weight is 403 g/mol. The zero-order valence-corrected chi connectivity index (χ0v) is 17.4. The molecule has 3 N–H and O–H groups in total. The minimum atomic E-state index is -4.23. The molecule has 0 saturated carbocycles. The summed E-state index contributed by atoms with van der Waals surface area (Å²) in [6, 6.07) is 5.28. The smallest absolute Gasteiger partial charge is 1.00 e. The second-order valence-corrected chi connectivity index (χ2v) is 6.90. The molecule has 0 aliphatic carbocycles. The van der Waals surface area contributed by atoms with Crippen LogP contribution in [0.2, 0.25) is 0 Å². The quantitative estimate of drug-likeness (QED) is 0.168. The predicted molar refractivity (Wildman–Crippen MR) is 95.8 cm³/mol. The van der Waals surface area contributed by atoms with E-state index in [0.717, 1.165) is 5.69 Å². The van der Waals surface area contributed by atoms with E-state index in [1.807, 2.05) is 4.72 Å². The standard InChI is InChI=1S/C15H17N5O5S.Na.H/c21-14-15(22)20(7-2-1-5-17-26(23,24)25)13-9-11(3-4-12(13)18-14)19-8-6-16-10-19;;/h3-4,6,8-10,17H,1-2,5,7H2,(H,18,21)(H,23,24,25);;/q;+1;-1. The molecular formula is C15H18N5NaO5S. The molecule has 140 valence electrons. The fourth-order valence-corrected chi connectivity index (χ4v) is 3.05. The molecule has 0 radical (unpaired) electrons. The van der Waals surface area contributed by atoms with Gasteiger partial charge in [-0.1, -0.05) is 0 Å². The first-order valence-electron chi connectivity index (χ1n) is 7.82. The van der Waals surface area contributed by atoms with Crippen molar-refractivity contribution in [2.24, 2.45) is 0 Å². The van der Waals surface area contributed by atoms with Gasteiger partial charge in [0.05, 0.1) is 17.4 Å². The molecule has 10 nitrogen and oxygen atoms in total. The van der Waals surface area contributed by atoms with E-state index in [-0.39, 0.29) is 44.1 Å². The second kappa shape index (κ2) is 8.95. The van der Waals surface area contributed by atoms with Crippen molar-refractivity contribution in [1.82, 2.24) is 23.8 Å². The number of H-pyrrole nitrogens is 1. The van der Waals surface area contributed by atoms with Crippen molar-refractivity contribution in [3.05, 3.63) is 57.6 Å². The number of unbranched alkanes of at least 4 members (excludes halogenated alkanes) is 1. The van der Waals surface area contributed by atoms with E-state index in [2.05, 4.69) is 9.97 Å². The van der Waals surface area contributed by atoms with Gasteiger partial charge in [0.2, 0.25) is 0 Å². The van der Waals surface area contributed by atoms with Crippen LogP contribution in [0.3, 0.4) is 0 Å². The topological polar surface area (TPSA) is 139 Å². The minimum Gasteiger partial charge on any atom is -1.00 e. The van der Waals surface area contributed by atoms with Crippen molar-refractivity contribution in [1.29, 1.82) is 0 Å². The van der Waals surface area contributed by atoms with Crippen molar-refractivity contribution in [3.63, 3.8) is 0 Å². The SMILES string of the molecule is O=c1[nH]c2ccc(-n3ccnc3)cc2n(CCCCNS(=O)(=O)O)c1=O.[H-].[Na+]. The summed E-state index contributed by atoms with van der Waals surface area (Å²) in [7, 11) is -4.23. The third-order valence-electron chi connectivity index (χ3n) is 3.86. The van der Waals surface area contributed by atoms with Crippen LogP contribution < -0.4 is 45.4 Å². The van der Waals surface area contributed by atoms with E-state index in [1.54, 1.807) is 41.5 Å². The van der Waals surface area contributed by atoms with Gasteiger partial charge in [-0.2, -0.15) is 13.1 Å². The van der Waals surface area contributed by atoms with E-state index in [1.165, 1.54) is 4.57 Å². The number of aryl methyl sites for hydroxylation is 1. The molecule has 0 atom stereocenters. The minimum absolute atomic E-state index is 0. The van der Waals surface area contributed by atoms with Crippen LogP contribution in [0.1, 0.15) is 14.3 Å². The Balaban J connectivity index is 0.00000196. The molecule has 1 aromatic carbocycles. The molecule has 2 aromatic heterocycles. The molecular weight excluding hydrogens is 385 g/mol. The number of nitrogens with zero attached hydrogens (tertiary/aromatic N) is 3. The summed E-state index contributed by atoms with van der Waals surface area (Å²) in [6.07, 6.45) is 5.84. The summed E-state index contributed by atoms with van der Waals surface area (Å²) >= 11 is 0. The van der Waals surface area contributed by atoms with Crippen LogP contribution in [-0.2, 0) is 16.8 Å². The molecule has 2 heterocycles. The van der Waals surface area contributed by atoms with Gasteiger partial charge in [0.1, 0.15) is 0 Å². The molecule has 0 aliphatic heterocycles. The number of benzene rings is 1. The number of hydrogen-bond acceptors (Lipinski definition) is 5. The number of imidazole rings is 1. The zero-order valence-electron chi connectivity index (χ0n) is 15.6. The zero-order chi connectivity index (χ0) is 18.7. The summed E-state index contributed by atoms with van der Waals surface area (Å²) in [6.45, 7) is 0.273. The Kier molecular flexibility index (Phi) is 7.14. The van der Waals surface area contributed by atoms with E-state index < -0.39 is 21.4 Å². The van der Waals surface area contributed by atoms with Gasteiger partial charge >= 0.3 is 51.0 Å². The Morgan fingerprint density at radius 2 is 2.04 bits per heavy atom. The van der Waals surface area contributed by atoms with Crippen LogP contribution in [0.5, 0.6) is 0 Å². The molecule has 0 saturated heterocycles. The second-order valence-electron chi connectivity index (χ2n) is 5.66. The number of aromatic nitrogens is 4. The average Bonchev–Trinajstić information content (AvgIpc) is 3.11. The maximum absolute atomic E-state index is 12.3. The Morgan fingerprint density at radius 3 is 2.70 bits per heavy atom. The fourth-order valence-electron chi connectivity index (χ4n) is 2.65. The Morgan fingerprint density at radius 1 is 1.26 bits per heavy atom. The van der Waals surface area contributed by atoms with Crippen molar-refractivity contribution in [3.8, 4) is 5.69 Å². The fraction of sp³-hybridized carbons (Fsp3) is 0.267. The van der Waals surface area contributed by atoms with Crippen LogP contribution >= 0.6 is 0 Å². The number of rotatable bonds is 7. The third kappa shape index (κ3) is 5.37. The summed E-state index contributed by atoms with van der Waals surface area (Å²) in [5, 5.41) is 0. The monoisotopic (exact) mass is 403 g/mol. The maximum atomic E-state index is 12.3. The van der Waals surface area contributed by atoms with E-state index in [9.17, 15) is 18.0 Å². The van der Waals surface area contributed by atoms with Gasteiger partial charge in [0.15, 0.2) is 0 Å². The Hall–Kier alpha value is -1.76. The first-order valence-corrected chi connectivity index (χ1v) is 9.26. The van der Waals surface area contributed by atoms with Crippen molar-refractivity contribution in [2.75, 3.05) is 6.54 Å². The summed E-state index contributed by atoms with van der Waals surface area (Å²) in [5.41, 5.74) is 0.466. The number of nitrogens with one attached hydrogen (secondary N) is 2. The van der Waals surface area contributed by atoms with Gasteiger partial charge in [-0.05, 0) is 31.0 Å². The maximum Gasteiger partial charge on any atom is 1.00 e. The van der Waals surface area contributed by atoms with Crippen molar-refractivity contribution >= 4 is 21.3 Å². The number of hydrogen-bond donors (Lipinski definition) is 3. The molecule has 3 rings (SSSR count). The van der Waals surface area contributed by atoms with Crippen LogP contribution in [0, 0.1) is 0 Å². The summed E-state index contributed by atoms with van der Waals surface area (Å²) in [5.74, 6) is 0. The molecule has 0 aliphatic rings. The van der Waals surface area contributed by atoms with Gasteiger partial charge in [-0.15, -0.1) is 0 Å². The Labute approximate surface area is 177 Å². The van der Waals surface area contributed by atoms with E-state index in [4.69, 9.17) is 4.55 Å². The van der Waals surface area contributed by atoms with Gasteiger partial charge in [-0.3, -0.25) is 14.1 Å². The largest absolute Gasteiger partial charge is 1.00 e. The van der Waals surface area contributed by atoms with E-state index >= 15 is 0 Å². The molecule has 27 heavy (non-hydrogen) atoms. The Bertz CT molecular complexity index is 1140. The first kappa shape index (κ1) is 21.5. The third-order valence-corrected chi connectivity index (χ3v) is 4.42. The molecule has 0 bridgehead atoms. The van der Waals surface area contributed by atoms with E-state index in [0.29, 0.717) is 23.9 Å². The molecule has 0 unspecified atom stereocenters. The molecule has 0 amide bonds. The van der Waals surface area contributed by atoms with Crippen molar-refractivity contribution in [2.45, 2.75) is 19.4 Å². The van der Waals surface area contributed by atoms with Crippen LogP contribution in [0.25, 0.3) is 16.7 Å². The van der Waals surface area contributed by atoms with Gasteiger partial charge < -0.3 is 15.5 Å². The van der Waals surface area contributed by atoms with Gasteiger partial charge in [0.25, 0.3) is 0 Å². The van der Waals surface area contributed by atoms with Gasteiger partial charge in [-0.25, -0.2) is 4.98 Å². The molecule has 12 heteroatoms. The van der Waals surface area contributed by atoms with Crippen LogP contribution in [0.4, 0.5) is 0 Å². The first-order chi connectivity index (χ1) is 12.3.